The molecule has 0 fully saturated rings. The fourth-order valence-electron chi connectivity index (χ4n) is 1.36. The van der Waals surface area contributed by atoms with Gasteiger partial charge in [0.2, 0.25) is 0 Å². The van der Waals surface area contributed by atoms with E-state index in [1.54, 1.807) is 14.1 Å². The molecule has 17 heavy (non-hydrogen) atoms. The highest BCUT2D eigenvalue weighted by molar-refractivity contribution is 7.22. The summed E-state index contributed by atoms with van der Waals surface area (Å²) in [5.74, 6) is 0. The average molecular weight is 270 g/mol. The molecule has 2 aromatic rings. The van der Waals surface area contributed by atoms with Gasteiger partial charge in [0.05, 0.1) is 10.2 Å². The molecule has 0 aliphatic rings. The maximum atomic E-state index is 11.5. The number of nitrogens with one attached hydrogen (secondary N) is 1. The van der Waals surface area contributed by atoms with E-state index in [1.807, 2.05) is 19.1 Å². The third-order valence-electron chi connectivity index (χ3n) is 2.37. The van der Waals surface area contributed by atoms with Gasteiger partial charge < -0.3 is 4.90 Å². The Morgan fingerprint density at radius 2 is 2.18 bits per heavy atom. The number of thiazole rings is 1. The largest absolute Gasteiger partial charge is 0.331 e. The quantitative estimate of drug-likeness (QED) is 0.863. The number of aryl methyl sites for hydroxylation is 1. The van der Waals surface area contributed by atoms with Gasteiger partial charge in [0.1, 0.15) is 0 Å². The number of benzene rings is 1. The summed E-state index contributed by atoms with van der Waals surface area (Å²) in [6, 6.07) is 3.57. The summed E-state index contributed by atoms with van der Waals surface area (Å²) < 4.78 is 1.01. The van der Waals surface area contributed by atoms with Crippen LogP contribution in [0.25, 0.3) is 10.2 Å². The molecule has 1 aromatic heterocycles. The first-order valence-electron chi connectivity index (χ1n) is 5.03. The Balaban J connectivity index is 2.39. The minimum absolute atomic E-state index is 0.187. The molecular weight excluding hydrogens is 258 g/mol. The molecule has 1 N–H and O–H groups in total. The van der Waals surface area contributed by atoms with Crippen LogP contribution < -0.4 is 5.32 Å². The predicted molar refractivity (Wildman–Crippen MR) is 72.1 cm³/mol. The summed E-state index contributed by atoms with van der Waals surface area (Å²) in [6.07, 6.45) is 0. The van der Waals surface area contributed by atoms with Crippen LogP contribution in [0.15, 0.2) is 12.1 Å². The van der Waals surface area contributed by atoms with Crippen molar-refractivity contribution in [3.63, 3.8) is 0 Å². The number of hydrogen-bond acceptors (Lipinski definition) is 3. The Morgan fingerprint density at radius 1 is 1.47 bits per heavy atom. The number of carbonyl (C=O) groups excluding carboxylic acids is 1. The maximum absolute atomic E-state index is 11.5. The summed E-state index contributed by atoms with van der Waals surface area (Å²) in [4.78, 5) is 17.3. The third kappa shape index (κ3) is 2.35. The van der Waals surface area contributed by atoms with Crippen molar-refractivity contribution < 1.29 is 4.79 Å². The second-order valence-corrected chi connectivity index (χ2v) is 5.30. The van der Waals surface area contributed by atoms with Crippen molar-refractivity contribution in [3.8, 4) is 0 Å². The van der Waals surface area contributed by atoms with Gasteiger partial charge in [-0.05, 0) is 24.6 Å². The number of hydrogen-bond donors (Lipinski definition) is 1. The molecule has 0 aliphatic heterocycles. The van der Waals surface area contributed by atoms with Crippen molar-refractivity contribution in [2.24, 2.45) is 0 Å². The molecule has 0 unspecified atom stereocenters. The van der Waals surface area contributed by atoms with E-state index in [0.29, 0.717) is 10.2 Å². The first kappa shape index (κ1) is 12.1. The van der Waals surface area contributed by atoms with Crippen LogP contribution in [0.2, 0.25) is 5.02 Å². The predicted octanol–water partition coefficient (Wildman–Crippen LogP) is 3.35. The molecule has 0 atom stereocenters. The average Bonchev–Trinajstić information content (AvgIpc) is 2.67. The van der Waals surface area contributed by atoms with Gasteiger partial charge in [-0.25, -0.2) is 9.78 Å². The Morgan fingerprint density at radius 3 is 2.82 bits per heavy atom. The Kier molecular flexibility index (Phi) is 3.22. The highest BCUT2D eigenvalue weighted by Crippen LogP contribution is 2.31. The molecule has 0 saturated heterocycles. The zero-order valence-corrected chi connectivity index (χ0v) is 11.3. The van der Waals surface area contributed by atoms with Crippen LogP contribution in [0, 0.1) is 6.92 Å². The topological polar surface area (TPSA) is 45.2 Å². The Labute approximate surface area is 108 Å². The van der Waals surface area contributed by atoms with Crippen LogP contribution >= 0.6 is 22.9 Å². The highest BCUT2D eigenvalue weighted by Gasteiger charge is 2.11. The lowest BCUT2D eigenvalue weighted by molar-refractivity contribution is 0.230. The Bertz CT molecular complexity index is 579. The molecule has 6 heteroatoms. The van der Waals surface area contributed by atoms with E-state index in [2.05, 4.69) is 10.3 Å². The molecule has 0 spiro atoms. The lowest BCUT2D eigenvalue weighted by atomic mass is 10.2. The lowest BCUT2D eigenvalue weighted by Gasteiger charge is -2.09. The first-order valence-corrected chi connectivity index (χ1v) is 6.22. The molecule has 0 saturated carbocycles. The van der Waals surface area contributed by atoms with E-state index in [4.69, 9.17) is 11.6 Å². The van der Waals surface area contributed by atoms with E-state index in [0.717, 1.165) is 15.8 Å². The molecule has 1 heterocycles. The normalized spacial score (nSPS) is 10.6. The van der Waals surface area contributed by atoms with Crippen LogP contribution in [0.4, 0.5) is 9.93 Å². The van der Waals surface area contributed by atoms with Gasteiger partial charge in [0.25, 0.3) is 0 Å². The smallest absolute Gasteiger partial charge is 0.323 e. The third-order valence-corrected chi connectivity index (χ3v) is 3.71. The summed E-state index contributed by atoms with van der Waals surface area (Å²) in [5, 5.41) is 4.00. The van der Waals surface area contributed by atoms with E-state index in [1.165, 1.54) is 16.2 Å². The number of rotatable bonds is 1. The monoisotopic (exact) mass is 269 g/mol. The minimum Gasteiger partial charge on any atom is -0.331 e. The Hall–Kier alpha value is -1.33. The molecule has 0 radical (unpaired) electrons. The van der Waals surface area contributed by atoms with E-state index >= 15 is 0 Å². The molecule has 1 aromatic carbocycles. The number of amides is 2. The lowest BCUT2D eigenvalue weighted by Crippen LogP contribution is -2.27. The standard InChI is InChI=1S/C11H12ClN3OS/c1-6-7(12)4-5-8-9(6)13-10(17-8)14-11(16)15(2)3/h4-5H,1-3H3,(H,13,14,16). The van der Waals surface area contributed by atoms with Gasteiger partial charge in [0.15, 0.2) is 5.13 Å². The molecule has 2 amide bonds. The number of urea groups is 1. The fourth-order valence-corrected chi connectivity index (χ4v) is 2.42. The SMILES string of the molecule is Cc1c(Cl)ccc2sc(NC(=O)N(C)C)nc12. The van der Waals surface area contributed by atoms with Crippen molar-refractivity contribution in [3.05, 3.63) is 22.7 Å². The van der Waals surface area contributed by atoms with Crippen LogP contribution in [0.1, 0.15) is 5.56 Å². The minimum atomic E-state index is -0.187. The van der Waals surface area contributed by atoms with E-state index in [-0.39, 0.29) is 6.03 Å². The summed E-state index contributed by atoms with van der Waals surface area (Å²) in [5.41, 5.74) is 1.78. The zero-order chi connectivity index (χ0) is 12.6. The summed E-state index contributed by atoms with van der Waals surface area (Å²) in [7, 11) is 3.37. The molecule has 90 valence electrons. The van der Waals surface area contributed by atoms with Gasteiger partial charge in [-0.2, -0.15) is 0 Å². The fraction of sp³-hybridized carbons (Fsp3) is 0.273. The second kappa shape index (κ2) is 4.50. The number of fused-ring (bicyclic) bond motifs is 1. The van der Waals surface area contributed by atoms with Crippen LogP contribution in [-0.4, -0.2) is 30.0 Å². The second-order valence-electron chi connectivity index (χ2n) is 3.86. The van der Waals surface area contributed by atoms with Crippen LogP contribution in [-0.2, 0) is 0 Å². The number of halogens is 1. The van der Waals surface area contributed by atoms with Gasteiger partial charge in [0, 0.05) is 19.1 Å². The van der Waals surface area contributed by atoms with E-state index in [9.17, 15) is 4.79 Å². The van der Waals surface area contributed by atoms with Gasteiger partial charge >= 0.3 is 6.03 Å². The summed E-state index contributed by atoms with van der Waals surface area (Å²) in [6.45, 7) is 1.92. The van der Waals surface area contributed by atoms with Crippen LogP contribution in [0.5, 0.6) is 0 Å². The van der Waals surface area contributed by atoms with Crippen molar-refractivity contribution in [2.45, 2.75) is 6.92 Å². The number of anilines is 1. The van der Waals surface area contributed by atoms with Gasteiger partial charge in [-0.3, -0.25) is 5.32 Å². The van der Waals surface area contributed by atoms with E-state index < -0.39 is 0 Å². The molecular formula is C11H12ClN3OS. The maximum Gasteiger partial charge on any atom is 0.323 e. The molecule has 4 nitrogen and oxygen atoms in total. The molecule has 0 aliphatic carbocycles. The van der Waals surface area contributed by atoms with Crippen molar-refractivity contribution in [2.75, 3.05) is 19.4 Å². The van der Waals surface area contributed by atoms with Gasteiger partial charge in [-0.15, -0.1) is 0 Å². The highest BCUT2D eigenvalue weighted by atomic mass is 35.5. The number of aromatic nitrogens is 1. The molecule has 2 rings (SSSR count). The first-order chi connectivity index (χ1) is 7.99. The van der Waals surface area contributed by atoms with Crippen molar-refractivity contribution in [1.82, 2.24) is 9.88 Å². The number of carbonyl (C=O) groups is 1. The number of nitrogens with zero attached hydrogens (tertiary/aromatic N) is 2. The molecule has 0 bridgehead atoms. The van der Waals surface area contributed by atoms with Gasteiger partial charge in [-0.1, -0.05) is 22.9 Å². The van der Waals surface area contributed by atoms with Crippen molar-refractivity contribution >= 4 is 44.3 Å². The zero-order valence-electron chi connectivity index (χ0n) is 9.74. The van der Waals surface area contributed by atoms with Crippen molar-refractivity contribution in [1.29, 1.82) is 0 Å². The van der Waals surface area contributed by atoms with Crippen LogP contribution in [0.3, 0.4) is 0 Å². The summed E-state index contributed by atoms with van der Waals surface area (Å²) >= 11 is 7.46.